The van der Waals surface area contributed by atoms with Gasteiger partial charge in [-0.3, -0.25) is 5.10 Å². The van der Waals surface area contributed by atoms with E-state index in [1.165, 1.54) is 24.5 Å². The number of H-pyrrole nitrogens is 1. The Morgan fingerprint density at radius 3 is 2.80 bits per heavy atom. The van der Waals surface area contributed by atoms with Crippen molar-refractivity contribution in [3.63, 3.8) is 0 Å². The molecular formula is C11H12N4O4S. The summed E-state index contributed by atoms with van der Waals surface area (Å²) in [7, 11) is -3.84. The first-order valence-electron chi connectivity index (χ1n) is 5.61. The molecule has 1 aromatic heterocycles. The van der Waals surface area contributed by atoms with Gasteiger partial charge in [0.25, 0.3) is 0 Å². The molecule has 20 heavy (non-hydrogen) atoms. The minimum absolute atomic E-state index is 0.0970. The lowest BCUT2D eigenvalue weighted by Crippen LogP contribution is -2.27. The third-order valence-electron chi connectivity index (χ3n) is 2.57. The highest BCUT2D eigenvalue weighted by molar-refractivity contribution is 7.89. The lowest BCUT2D eigenvalue weighted by atomic mass is 10.2. The summed E-state index contributed by atoms with van der Waals surface area (Å²) in [6.07, 6.45) is 1.27. The summed E-state index contributed by atoms with van der Waals surface area (Å²) in [5.74, 6) is -0.826. The maximum Gasteiger partial charge on any atom is 0.335 e. The molecule has 0 amide bonds. The van der Waals surface area contributed by atoms with Gasteiger partial charge in [0.05, 0.1) is 16.5 Å². The maximum atomic E-state index is 12.1. The molecule has 1 unspecified atom stereocenters. The van der Waals surface area contributed by atoms with Crippen LogP contribution in [0, 0.1) is 0 Å². The van der Waals surface area contributed by atoms with E-state index in [0.717, 1.165) is 6.07 Å². The predicted molar refractivity (Wildman–Crippen MR) is 68.5 cm³/mol. The molecule has 0 radical (unpaired) electrons. The average molecular weight is 296 g/mol. The van der Waals surface area contributed by atoms with Crippen molar-refractivity contribution < 1.29 is 18.3 Å². The Morgan fingerprint density at radius 1 is 1.45 bits per heavy atom. The number of benzene rings is 1. The standard InChI is InChI=1S/C11H12N4O4S/c1-7(10-12-6-13-14-10)15-20(18,19)9-4-2-3-8(5-9)11(16)17/h2-7,15H,1H3,(H,16,17)(H,12,13,14). The quantitative estimate of drug-likeness (QED) is 0.739. The molecule has 106 valence electrons. The molecule has 0 saturated heterocycles. The number of hydrogen-bond acceptors (Lipinski definition) is 5. The number of aromatic carboxylic acids is 1. The van der Waals surface area contributed by atoms with Gasteiger partial charge in [-0.2, -0.15) is 5.10 Å². The monoisotopic (exact) mass is 296 g/mol. The minimum Gasteiger partial charge on any atom is -0.478 e. The van der Waals surface area contributed by atoms with Crippen LogP contribution in [-0.4, -0.2) is 34.7 Å². The number of hydrogen-bond donors (Lipinski definition) is 3. The van der Waals surface area contributed by atoms with Crippen LogP contribution in [0.15, 0.2) is 35.5 Å². The molecule has 0 aliphatic rings. The third kappa shape index (κ3) is 3.00. The van der Waals surface area contributed by atoms with E-state index in [4.69, 9.17) is 5.11 Å². The van der Waals surface area contributed by atoms with Gasteiger partial charge >= 0.3 is 5.97 Å². The fourth-order valence-electron chi connectivity index (χ4n) is 1.58. The average Bonchev–Trinajstić information content (AvgIpc) is 2.92. The van der Waals surface area contributed by atoms with Crippen molar-refractivity contribution in [2.45, 2.75) is 17.9 Å². The van der Waals surface area contributed by atoms with Crippen LogP contribution < -0.4 is 4.72 Å². The van der Waals surface area contributed by atoms with E-state index in [1.54, 1.807) is 6.92 Å². The van der Waals surface area contributed by atoms with E-state index in [0.29, 0.717) is 5.82 Å². The molecule has 0 aliphatic heterocycles. The lowest BCUT2D eigenvalue weighted by molar-refractivity contribution is 0.0696. The SMILES string of the molecule is CC(NS(=O)(=O)c1cccc(C(=O)O)c1)c1ncn[nH]1. The number of sulfonamides is 1. The second-order valence-corrected chi connectivity index (χ2v) is 5.76. The van der Waals surface area contributed by atoms with Gasteiger partial charge in [0.1, 0.15) is 12.2 Å². The Bertz CT molecular complexity index is 712. The highest BCUT2D eigenvalue weighted by Gasteiger charge is 2.20. The molecule has 1 heterocycles. The van der Waals surface area contributed by atoms with Crippen LogP contribution in [-0.2, 0) is 10.0 Å². The first-order valence-corrected chi connectivity index (χ1v) is 7.09. The van der Waals surface area contributed by atoms with Gasteiger partial charge in [0.2, 0.25) is 10.0 Å². The topological polar surface area (TPSA) is 125 Å². The summed E-state index contributed by atoms with van der Waals surface area (Å²) >= 11 is 0. The van der Waals surface area contributed by atoms with Gasteiger partial charge < -0.3 is 5.11 Å². The summed E-state index contributed by atoms with van der Waals surface area (Å²) in [5.41, 5.74) is -0.0970. The second-order valence-electron chi connectivity index (χ2n) is 4.05. The number of rotatable bonds is 5. The summed E-state index contributed by atoms with van der Waals surface area (Å²) in [6.45, 7) is 1.60. The number of nitrogens with one attached hydrogen (secondary N) is 2. The number of nitrogens with zero attached hydrogens (tertiary/aromatic N) is 2. The zero-order chi connectivity index (χ0) is 14.8. The molecule has 1 aromatic carbocycles. The van der Waals surface area contributed by atoms with Gasteiger partial charge in [0, 0.05) is 0 Å². The van der Waals surface area contributed by atoms with E-state index in [9.17, 15) is 13.2 Å². The Hall–Kier alpha value is -2.26. The summed E-state index contributed by atoms with van der Waals surface area (Å²) in [4.78, 5) is 14.6. The van der Waals surface area contributed by atoms with Crippen molar-refractivity contribution >= 4 is 16.0 Å². The van der Waals surface area contributed by atoms with Crippen molar-refractivity contribution in [1.82, 2.24) is 19.9 Å². The number of aromatic nitrogens is 3. The van der Waals surface area contributed by atoms with Crippen molar-refractivity contribution in [2.75, 3.05) is 0 Å². The van der Waals surface area contributed by atoms with Crippen LogP contribution in [0.5, 0.6) is 0 Å². The van der Waals surface area contributed by atoms with Crippen LogP contribution in [0.2, 0.25) is 0 Å². The normalized spacial score (nSPS) is 13.1. The zero-order valence-electron chi connectivity index (χ0n) is 10.4. The van der Waals surface area contributed by atoms with Gasteiger partial charge in [-0.15, -0.1) is 0 Å². The number of carbonyl (C=O) groups is 1. The molecule has 8 nitrogen and oxygen atoms in total. The molecule has 1 atom stereocenters. The maximum absolute atomic E-state index is 12.1. The van der Waals surface area contributed by atoms with Gasteiger partial charge in [-0.1, -0.05) is 6.07 Å². The van der Waals surface area contributed by atoms with E-state index in [1.807, 2.05) is 0 Å². The first kappa shape index (κ1) is 14.2. The van der Waals surface area contributed by atoms with Crippen molar-refractivity contribution in [1.29, 1.82) is 0 Å². The molecule has 9 heteroatoms. The van der Waals surface area contributed by atoms with Crippen molar-refractivity contribution in [2.24, 2.45) is 0 Å². The summed E-state index contributed by atoms with van der Waals surface area (Å²) in [6, 6.07) is 4.49. The van der Waals surface area contributed by atoms with E-state index in [2.05, 4.69) is 19.9 Å². The van der Waals surface area contributed by atoms with Crippen LogP contribution in [0.3, 0.4) is 0 Å². The fourth-order valence-corrected chi connectivity index (χ4v) is 2.83. The van der Waals surface area contributed by atoms with Crippen LogP contribution in [0.25, 0.3) is 0 Å². The number of carboxylic acid groups (broad SMARTS) is 1. The van der Waals surface area contributed by atoms with E-state index >= 15 is 0 Å². The van der Waals surface area contributed by atoms with Gasteiger partial charge in [-0.05, 0) is 25.1 Å². The van der Waals surface area contributed by atoms with E-state index in [-0.39, 0.29) is 10.5 Å². The second kappa shape index (κ2) is 5.39. The van der Waals surface area contributed by atoms with E-state index < -0.39 is 22.0 Å². The molecular weight excluding hydrogens is 284 g/mol. The predicted octanol–water partition coefficient (Wildman–Crippen LogP) is 0.542. The fraction of sp³-hybridized carbons (Fsp3) is 0.182. The largest absolute Gasteiger partial charge is 0.478 e. The highest BCUT2D eigenvalue weighted by atomic mass is 32.2. The van der Waals surface area contributed by atoms with Crippen LogP contribution in [0.1, 0.15) is 29.1 Å². The first-order chi connectivity index (χ1) is 9.40. The molecule has 2 aromatic rings. The molecule has 0 fully saturated rings. The van der Waals surface area contributed by atoms with Crippen LogP contribution >= 0.6 is 0 Å². The lowest BCUT2D eigenvalue weighted by Gasteiger charge is -2.12. The van der Waals surface area contributed by atoms with Crippen molar-refractivity contribution in [3.8, 4) is 0 Å². The summed E-state index contributed by atoms with van der Waals surface area (Å²) in [5, 5.41) is 15.1. The Balaban J connectivity index is 2.26. The van der Waals surface area contributed by atoms with Gasteiger partial charge in [0.15, 0.2) is 0 Å². The molecule has 0 bridgehead atoms. The van der Waals surface area contributed by atoms with Crippen LogP contribution in [0.4, 0.5) is 0 Å². The molecule has 3 N–H and O–H groups in total. The third-order valence-corrected chi connectivity index (χ3v) is 4.11. The Morgan fingerprint density at radius 2 is 2.20 bits per heavy atom. The minimum atomic E-state index is -3.84. The Kier molecular flexibility index (Phi) is 3.81. The zero-order valence-corrected chi connectivity index (χ0v) is 11.3. The smallest absolute Gasteiger partial charge is 0.335 e. The Labute approximate surface area is 114 Å². The molecule has 0 aliphatic carbocycles. The van der Waals surface area contributed by atoms with Gasteiger partial charge in [-0.25, -0.2) is 22.9 Å². The molecule has 2 rings (SSSR count). The number of aromatic amines is 1. The number of carboxylic acids is 1. The molecule has 0 spiro atoms. The summed E-state index contributed by atoms with van der Waals surface area (Å²) < 4.78 is 26.7. The van der Waals surface area contributed by atoms with Crippen molar-refractivity contribution in [3.05, 3.63) is 42.0 Å². The highest BCUT2D eigenvalue weighted by Crippen LogP contribution is 2.15. The molecule has 0 saturated carbocycles.